The minimum absolute atomic E-state index is 0.0411. The van der Waals surface area contributed by atoms with E-state index in [0.29, 0.717) is 12.1 Å². The first-order valence-electron chi connectivity index (χ1n) is 11.5. The fourth-order valence-electron chi connectivity index (χ4n) is 4.53. The van der Waals surface area contributed by atoms with Crippen molar-refractivity contribution in [2.75, 3.05) is 11.0 Å². The third-order valence-corrected chi connectivity index (χ3v) is 6.99. The number of nitrogens with two attached hydrogens (primary N) is 1. The van der Waals surface area contributed by atoms with Crippen molar-refractivity contribution in [1.82, 2.24) is 19.3 Å². The molecule has 0 amide bonds. The molecular weight excluding hydrogens is 576 g/mol. The number of hydrogen-bond donors (Lipinski definition) is 2. The van der Waals surface area contributed by atoms with Gasteiger partial charge in [-0.1, -0.05) is 11.6 Å². The molecule has 0 fully saturated rings. The van der Waals surface area contributed by atoms with Gasteiger partial charge in [-0.3, -0.25) is 18.8 Å². The number of nitrogens with zero attached hydrogens (tertiary/aromatic N) is 4. The first-order valence-corrected chi connectivity index (χ1v) is 13.8. The van der Waals surface area contributed by atoms with E-state index in [1.807, 2.05) is 0 Å². The topological polar surface area (TPSA) is 125 Å². The van der Waals surface area contributed by atoms with Gasteiger partial charge in [0.15, 0.2) is 11.6 Å². The molecule has 3 aromatic carbocycles. The molecule has 0 radical (unpaired) electrons. The Balaban J connectivity index is 1.82. The van der Waals surface area contributed by atoms with Crippen LogP contribution in [0.4, 0.5) is 23.4 Å². The van der Waals surface area contributed by atoms with Crippen molar-refractivity contribution in [3.63, 3.8) is 0 Å². The summed E-state index contributed by atoms with van der Waals surface area (Å²) >= 11 is 6.39. The van der Waals surface area contributed by atoms with Gasteiger partial charge in [0, 0.05) is 31.6 Å². The van der Waals surface area contributed by atoms with Gasteiger partial charge in [-0.15, -0.1) is 0 Å². The second kappa shape index (κ2) is 9.87. The maximum absolute atomic E-state index is 14.8. The molecule has 0 aliphatic heterocycles. The number of rotatable bonds is 6. The van der Waals surface area contributed by atoms with E-state index < -0.39 is 55.8 Å². The van der Waals surface area contributed by atoms with Crippen LogP contribution in [0.25, 0.3) is 27.5 Å². The summed E-state index contributed by atoms with van der Waals surface area (Å²) in [6.45, 7) is 0. The molecule has 0 spiro atoms. The molecule has 0 aliphatic rings. The van der Waals surface area contributed by atoms with Crippen LogP contribution in [0, 0.1) is 23.3 Å². The molecule has 1 atom stereocenters. The third kappa shape index (κ3) is 5.00. The number of halogens is 5. The number of aryl methyl sites for hydroxylation is 1. The van der Waals surface area contributed by atoms with Crippen molar-refractivity contribution >= 4 is 49.2 Å². The van der Waals surface area contributed by atoms with Gasteiger partial charge in [-0.2, -0.15) is 5.10 Å². The molecule has 2 heterocycles. The Bertz CT molecular complexity index is 1990. The molecule has 9 nitrogen and oxygen atoms in total. The summed E-state index contributed by atoms with van der Waals surface area (Å²) in [7, 11) is -2.32. The van der Waals surface area contributed by atoms with E-state index in [9.17, 15) is 30.8 Å². The molecule has 0 bridgehead atoms. The van der Waals surface area contributed by atoms with Crippen LogP contribution >= 0.6 is 11.6 Å². The van der Waals surface area contributed by atoms with Gasteiger partial charge in [0.25, 0.3) is 5.56 Å². The first-order chi connectivity index (χ1) is 18.7. The monoisotopic (exact) mass is 594 g/mol. The number of aromatic nitrogens is 4. The second-order valence-electron chi connectivity index (χ2n) is 9.10. The van der Waals surface area contributed by atoms with Crippen LogP contribution in [-0.4, -0.2) is 34.0 Å². The lowest BCUT2D eigenvalue weighted by atomic mass is 10.0. The highest BCUT2D eigenvalue weighted by molar-refractivity contribution is 7.92. The average Bonchev–Trinajstić information content (AvgIpc) is 3.15. The number of sulfonamides is 1. The molecule has 3 N–H and O–H groups in total. The van der Waals surface area contributed by atoms with Crippen LogP contribution in [0.15, 0.2) is 47.3 Å². The van der Waals surface area contributed by atoms with Gasteiger partial charge in [-0.25, -0.2) is 31.0 Å². The summed E-state index contributed by atoms with van der Waals surface area (Å²) in [5.41, 5.74) is 5.21. The molecule has 15 heteroatoms. The van der Waals surface area contributed by atoms with Gasteiger partial charge in [0.1, 0.15) is 28.8 Å². The van der Waals surface area contributed by atoms with E-state index in [0.717, 1.165) is 29.0 Å². The predicted octanol–water partition coefficient (Wildman–Crippen LogP) is 4.10. The Morgan fingerprint density at radius 2 is 1.70 bits per heavy atom. The highest BCUT2D eigenvalue weighted by atomic mass is 35.5. The van der Waals surface area contributed by atoms with Crippen molar-refractivity contribution in [1.29, 1.82) is 0 Å². The highest BCUT2D eigenvalue weighted by Gasteiger charge is 2.24. The minimum atomic E-state index is -3.78. The molecule has 0 saturated carbocycles. The number of anilines is 1. The van der Waals surface area contributed by atoms with Crippen molar-refractivity contribution < 1.29 is 26.0 Å². The van der Waals surface area contributed by atoms with Crippen molar-refractivity contribution in [2.24, 2.45) is 12.8 Å². The predicted molar refractivity (Wildman–Crippen MR) is 142 cm³/mol. The lowest BCUT2D eigenvalue weighted by Gasteiger charge is -2.19. The zero-order valence-corrected chi connectivity index (χ0v) is 22.3. The fourth-order valence-corrected chi connectivity index (χ4v) is 5.27. The van der Waals surface area contributed by atoms with Crippen LogP contribution in [0.3, 0.4) is 0 Å². The third-order valence-electron chi connectivity index (χ3n) is 6.12. The van der Waals surface area contributed by atoms with Gasteiger partial charge in [0.2, 0.25) is 10.0 Å². The van der Waals surface area contributed by atoms with E-state index >= 15 is 0 Å². The van der Waals surface area contributed by atoms with E-state index in [4.69, 9.17) is 17.3 Å². The summed E-state index contributed by atoms with van der Waals surface area (Å²) in [6, 6.07) is 5.76. The van der Waals surface area contributed by atoms with Crippen LogP contribution in [0.2, 0.25) is 5.02 Å². The van der Waals surface area contributed by atoms with Crippen LogP contribution in [-0.2, 0) is 23.5 Å². The second-order valence-corrected chi connectivity index (χ2v) is 11.3. The number of nitrogens with one attached hydrogen (secondary N) is 1. The Morgan fingerprint density at radius 3 is 2.35 bits per heavy atom. The van der Waals surface area contributed by atoms with Crippen molar-refractivity contribution in [3.05, 3.63) is 92.5 Å². The van der Waals surface area contributed by atoms with Gasteiger partial charge in [0.05, 0.1) is 33.3 Å². The molecule has 208 valence electrons. The van der Waals surface area contributed by atoms with Gasteiger partial charge >= 0.3 is 0 Å². The molecule has 2 aromatic heterocycles. The van der Waals surface area contributed by atoms with Crippen molar-refractivity contribution in [2.45, 2.75) is 12.5 Å². The Morgan fingerprint density at radius 1 is 1.05 bits per heavy atom. The fraction of sp³-hybridized carbons (Fsp3) is 0.160. The summed E-state index contributed by atoms with van der Waals surface area (Å²) in [5.74, 6) is -4.14. The smallest absolute Gasteiger partial charge is 0.266 e. The first kappa shape index (κ1) is 27.6. The Kier molecular flexibility index (Phi) is 6.80. The zero-order chi connectivity index (χ0) is 29.1. The number of hydrogen-bond acceptors (Lipinski definition) is 6. The molecule has 5 aromatic rings. The molecule has 0 saturated heterocycles. The maximum Gasteiger partial charge on any atom is 0.266 e. The standard InChI is InChI=1S/C25H19ClF4N6O3S/c1-35-23-19(4-3-16(26)21(23)24(33-35)34-40(2,38)39)36-20(10-18(31)11-5-12(27)7-13(28)6-11)32-22-15(25(36)37)8-14(29)9-17(22)30/h3-9,18H,10,31H2,1-2H3,(H,33,34)/t18-/m0/s1. The van der Waals surface area contributed by atoms with E-state index in [2.05, 4.69) is 14.8 Å². The van der Waals surface area contributed by atoms with Crippen LogP contribution < -0.4 is 16.0 Å². The normalized spacial score (nSPS) is 12.8. The molecule has 5 rings (SSSR count). The van der Waals surface area contributed by atoms with E-state index in [1.54, 1.807) is 0 Å². The Labute approximate surface area is 228 Å². The zero-order valence-electron chi connectivity index (χ0n) is 20.7. The maximum atomic E-state index is 14.8. The van der Waals surface area contributed by atoms with Gasteiger partial charge < -0.3 is 5.73 Å². The highest BCUT2D eigenvalue weighted by Crippen LogP contribution is 2.35. The summed E-state index contributed by atoms with van der Waals surface area (Å²) < 4.78 is 85.1. The van der Waals surface area contributed by atoms with Crippen LogP contribution in [0.1, 0.15) is 17.4 Å². The lowest BCUT2D eigenvalue weighted by molar-refractivity contribution is 0.569. The van der Waals surface area contributed by atoms with Gasteiger partial charge in [-0.05, 0) is 35.9 Å². The Hall–Kier alpha value is -4.01. The summed E-state index contributed by atoms with van der Waals surface area (Å²) in [6.07, 6.45) is 0.599. The van der Waals surface area contributed by atoms with Crippen LogP contribution in [0.5, 0.6) is 0 Å². The summed E-state index contributed by atoms with van der Waals surface area (Å²) in [4.78, 5) is 18.1. The molecule has 0 unspecified atom stereocenters. The molecular formula is C25H19ClF4N6O3S. The summed E-state index contributed by atoms with van der Waals surface area (Å²) in [5, 5.41) is 4.00. The van der Waals surface area contributed by atoms with E-state index in [-0.39, 0.29) is 45.2 Å². The molecule has 40 heavy (non-hydrogen) atoms. The quantitative estimate of drug-likeness (QED) is 0.285. The average molecular weight is 595 g/mol. The van der Waals surface area contributed by atoms with Crippen molar-refractivity contribution in [3.8, 4) is 5.69 Å². The number of fused-ring (bicyclic) bond motifs is 2. The SMILES string of the molecule is Cn1nc(NS(C)(=O)=O)c2c(Cl)ccc(-n3c(C[C@H](N)c4cc(F)cc(F)c4)nc4c(F)cc(F)cc4c3=O)c21. The molecule has 0 aliphatic carbocycles. The van der Waals surface area contributed by atoms with E-state index in [1.165, 1.54) is 23.9 Å². The largest absolute Gasteiger partial charge is 0.324 e. The minimum Gasteiger partial charge on any atom is -0.324 e. The lowest BCUT2D eigenvalue weighted by Crippen LogP contribution is -2.27. The number of benzene rings is 3.